The molecule has 0 unspecified atom stereocenters. The summed E-state index contributed by atoms with van der Waals surface area (Å²) in [5.74, 6) is -1.30. The first-order valence-corrected chi connectivity index (χ1v) is 21.3. The predicted molar refractivity (Wildman–Crippen MR) is 229 cm³/mol. The molecule has 0 aromatic heterocycles. The highest BCUT2D eigenvalue weighted by molar-refractivity contribution is 5.89. The lowest BCUT2D eigenvalue weighted by atomic mass is 9.96. The summed E-state index contributed by atoms with van der Waals surface area (Å²) in [5.41, 5.74) is 2.41. The van der Waals surface area contributed by atoms with E-state index in [9.17, 15) is 24.5 Å². The standard InChI is InChI=1S/C49H47NO16/c1-31(51)56-29-38-40(57-26-32-14-6-2-7-15-32)43(66-49(53)61-37-24-22-36(23-25-37)50(54)55)44(59-28-34-18-10-4-11-19-34)48(63-38)65-45-42(58-27-33-16-8-3-9-17-33)41(39-30-60-47(45)62-39)64-46(52)35-20-12-5-13-21-35/h2-25,38-45,47-48H,26-30H2,1H3/t38-,39+,40-,41-,42+,43+,44+,45+,47+,48-/m1/s1. The van der Waals surface area contributed by atoms with E-state index in [2.05, 4.69) is 0 Å². The first-order valence-electron chi connectivity index (χ1n) is 21.3. The van der Waals surface area contributed by atoms with Gasteiger partial charge in [-0.3, -0.25) is 14.9 Å². The van der Waals surface area contributed by atoms with E-state index in [0.29, 0.717) is 5.56 Å². The van der Waals surface area contributed by atoms with Gasteiger partial charge in [-0.25, -0.2) is 9.59 Å². The van der Waals surface area contributed by atoms with Gasteiger partial charge < -0.3 is 52.1 Å². The number of hydrogen-bond acceptors (Lipinski definition) is 16. The summed E-state index contributed by atoms with van der Waals surface area (Å²) in [7, 11) is 0. The van der Waals surface area contributed by atoms with Crippen molar-refractivity contribution >= 4 is 23.8 Å². The van der Waals surface area contributed by atoms with Gasteiger partial charge in [-0.15, -0.1) is 0 Å². The normalized spacial score (nSPS) is 25.6. The van der Waals surface area contributed by atoms with Gasteiger partial charge in [-0.05, 0) is 41.0 Å². The maximum atomic E-state index is 13.9. The van der Waals surface area contributed by atoms with Crippen molar-refractivity contribution in [3.05, 3.63) is 178 Å². The van der Waals surface area contributed by atoms with Crippen LogP contribution in [0.25, 0.3) is 0 Å². The quantitative estimate of drug-likeness (QED) is 0.0290. The molecule has 0 N–H and O–H groups in total. The van der Waals surface area contributed by atoms with Crippen LogP contribution in [0.2, 0.25) is 0 Å². The fourth-order valence-electron chi connectivity index (χ4n) is 7.73. The molecule has 0 aliphatic carbocycles. The molecule has 344 valence electrons. The second kappa shape index (κ2) is 22.1. The number of esters is 2. The maximum absolute atomic E-state index is 13.9. The molecule has 0 spiro atoms. The third kappa shape index (κ3) is 11.8. The van der Waals surface area contributed by atoms with Crippen LogP contribution < -0.4 is 4.74 Å². The van der Waals surface area contributed by atoms with Gasteiger partial charge in [0.2, 0.25) is 0 Å². The molecule has 3 heterocycles. The van der Waals surface area contributed by atoms with Crippen LogP contribution in [0.5, 0.6) is 5.75 Å². The van der Waals surface area contributed by atoms with Crippen molar-refractivity contribution in [1.82, 2.24) is 0 Å². The number of nitrogens with zero attached hydrogens (tertiary/aromatic N) is 1. The number of benzene rings is 5. The number of fused-ring (bicyclic) bond motifs is 2. The third-order valence-corrected chi connectivity index (χ3v) is 10.9. The van der Waals surface area contributed by atoms with Gasteiger partial charge >= 0.3 is 18.1 Å². The van der Waals surface area contributed by atoms with E-state index in [4.69, 9.17) is 52.1 Å². The average molecular weight is 906 g/mol. The molecular formula is C49H47NO16. The van der Waals surface area contributed by atoms with Crippen LogP contribution in [-0.4, -0.2) is 97.6 Å². The van der Waals surface area contributed by atoms with Gasteiger partial charge in [0.05, 0.1) is 36.9 Å². The average Bonchev–Trinajstić information content (AvgIpc) is 3.78. The van der Waals surface area contributed by atoms with Crippen LogP contribution in [0.1, 0.15) is 34.0 Å². The molecule has 3 saturated heterocycles. The minimum absolute atomic E-state index is 0.00272. The Hall–Kier alpha value is -6.57. The minimum atomic E-state index is -1.48. The monoisotopic (exact) mass is 905 g/mol. The summed E-state index contributed by atoms with van der Waals surface area (Å²) in [6, 6.07) is 41.1. The zero-order valence-electron chi connectivity index (χ0n) is 35.6. The lowest BCUT2D eigenvalue weighted by Gasteiger charge is -2.47. The van der Waals surface area contributed by atoms with E-state index in [1.165, 1.54) is 31.2 Å². The van der Waals surface area contributed by atoms with Crippen molar-refractivity contribution < 1.29 is 71.4 Å². The smallest absolute Gasteiger partial charge is 0.463 e. The van der Waals surface area contributed by atoms with Crippen molar-refractivity contribution in [2.45, 2.75) is 88.2 Å². The number of carbonyl (C=O) groups excluding carboxylic acids is 3. The van der Waals surface area contributed by atoms with E-state index in [1.807, 2.05) is 91.0 Å². The van der Waals surface area contributed by atoms with Crippen LogP contribution in [0.3, 0.4) is 0 Å². The van der Waals surface area contributed by atoms with Crippen molar-refractivity contribution in [3.63, 3.8) is 0 Å². The Kier molecular flexibility index (Phi) is 15.4. The topological polar surface area (TPSA) is 196 Å². The zero-order chi connectivity index (χ0) is 45.8. The minimum Gasteiger partial charge on any atom is -0.463 e. The highest BCUT2D eigenvalue weighted by Gasteiger charge is 2.58. The van der Waals surface area contributed by atoms with E-state index < -0.39 is 84.4 Å². The highest BCUT2D eigenvalue weighted by Crippen LogP contribution is 2.39. The lowest BCUT2D eigenvalue weighted by Crippen LogP contribution is -2.65. The van der Waals surface area contributed by atoms with Crippen molar-refractivity contribution in [1.29, 1.82) is 0 Å². The molecule has 0 amide bonds. The molecule has 5 aromatic rings. The van der Waals surface area contributed by atoms with E-state index in [0.717, 1.165) is 16.7 Å². The molecule has 2 bridgehead atoms. The van der Waals surface area contributed by atoms with Crippen molar-refractivity contribution in [2.75, 3.05) is 13.2 Å². The van der Waals surface area contributed by atoms with Gasteiger partial charge in [-0.2, -0.15) is 0 Å². The summed E-state index contributed by atoms with van der Waals surface area (Å²) < 4.78 is 69.1. The number of nitro benzene ring substituents is 1. The molecule has 3 fully saturated rings. The molecular weight excluding hydrogens is 859 g/mol. The lowest BCUT2D eigenvalue weighted by molar-refractivity contribution is -0.384. The molecule has 3 aliphatic heterocycles. The van der Waals surface area contributed by atoms with Crippen LogP contribution >= 0.6 is 0 Å². The number of carbonyl (C=O) groups is 3. The summed E-state index contributed by atoms with van der Waals surface area (Å²) in [5, 5.41) is 11.3. The van der Waals surface area contributed by atoms with Gasteiger partial charge in [0.15, 0.2) is 24.8 Å². The molecule has 0 radical (unpaired) electrons. The first kappa shape index (κ1) is 46.0. The Labute approximate surface area is 379 Å². The number of rotatable bonds is 18. The second-order valence-electron chi connectivity index (χ2n) is 15.5. The summed E-state index contributed by atoms with van der Waals surface area (Å²) in [6.45, 7) is 0.918. The fraction of sp³-hybridized carbons (Fsp3) is 0.327. The molecule has 0 saturated carbocycles. The Balaban J connectivity index is 1.16. The van der Waals surface area contributed by atoms with Gasteiger partial charge in [0, 0.05) is 19.1 Å². The second-order valence-corrected chi connectivity index (χ2v) is 15.5. The number of ether oxygens (including phenoxy) is 11. The van der Waals surface area contributed by atoms with Crippen LogP contribution in [0, 0.1) is 10.1 Å². The van der Waals surface area contributed by atoms with Crippen LogP contribution in [0.4, 0.5) is 10.5 Å². The number of nitro groups is 1. The number of non-ortho nitro benzene ring substituents is 1. The molecule has 66 heavy (non-hydrogen) atoms. The molecule has 3 aliphatic rings. The first-order chi connectivity index (χ1) is 32.2. The van der Waals surface area contributed by atoms with E-state index in [-0.39, 0.29) is 44.5 Å². The zero-order valence-corrected chi connectivity index (χ0v) is 35.6. The number of hydrogen-bond donors (Lipinski definition) is 0. The molecule has 10 atom stereocenters. The Morgan fingerprint density at radius 3 is 1.73 bits per heavy atom. The van der Waals surface area contributed by atoms with E-state index in [1.54, 1.807) is 30.3 Å². The summed E-state index contributed by atoms with van der Waals surface area (Å²) in [4.78, 5) is 50.6. The molecule has 5 aromatic carbocycles. The summed E-state index contributed by atoms with van der Waals surface area (Å²) >= 11 is 0. The van der Waals surface area contributed by atoms with Gasteiger partial charge in [-0.1, -0.05) is 109 Å². The molecule has 8 rings (SSSR count). The predicted octanol–water partition coefficient (Wildman–Crippen LogP) is 6.89. The molecule has 17 nitrogen and oxygen atoms in total. The Morgan fingerprint density at radius 2 is 1.17 bits per heavy atom. The van der Waals surface area contributed by atoms with Crippen LogP contribution in [0.15, 0.2) is 146 Å². The largest absolute Gasteiger partial charge is 0.514 e. The highest BCUT2D eigenvalue weighted by atomic mass is 16.8. The third-order valence-electron chi connectivity index (χ3n) is 10.9. The van der Waals surface area contributed by atoms with Crippen molar-refractivity contribution in [2.24, 2.45) is 0 Å². The van der Waals surface area contributed by atoms with Gasteiger partial charge in [0.25, 0.3) is 5.69 Å². The SMILES string of the molecule is CC(=O)OC[C@H]1O[C@H](O[C@@H]2[C@H]3OC[C@H](O3)[C@@H](OC(=O)c3ccccc3)[C@@H]2OCc2ccccc2)[C@@H](OCc2ccccc2)[C@@H](OC(=O)Oc2ccc([N+](=O)[O-])cc2)[C@@H]1OCc1ccccc1. The maximum Gasteiger partial charge on any atom is 0.514 e. The summed E-state index contributed by atoms with van der Waals surface area (Å²) in [6.07, 6.45) is -12.9. The molecule has 17 heteroatoms. The Bertz CT molecular complexity index is 2360. The fourth-order valence-corrected chi connectivity index (χ4v) is 7.73. The Morgan fingerprint density at radius 1 is 0.621 bits per heavy atom. The van der Waals surface area contributed by atoms with Gasteiger partial charge in [0.1, 0.15) is 49.0 Å². The van der Waals surface area contributed by atoms with Crippen molar-refractivity contribution in [3.8, 4) is 5.75 Å². The van der Waals surface area contributed by atoms with E-state index >= 15 is 0 Å². The van der Waals surface area contributed by atoms with Crippen LogP contribution in [-0.2, 0) is 72.0 Å².